The van der Waals surface area contributed by atoms with E-state index in [1.54, 1.807) is 30.5 Å². The van der Waals surface area contributed by atoms with Crippen LogP contribution in [0.4, 0.5) is 5.69 Å². The number of ether oxygens (including phenoxy) is 3. The van der Waals surface area contributed by atoms with Crippen molar-refractivity contribution in [2.75, 3.05) is 13.2 Å². The van der Waals surface area contributed by atoms with E-state index < -0.39 is 0 Å². The van der Waals surface area contributed by atoms with Crippen molar-refractivity contribution in [2.45, 2.75) is 135 Å². The number of nitriles is 1. The van der Waals surface area contributed by atoms with Gasteiger partial charge in [-0.05, 0) is 73.9 Å². The van der Waals surface area contributed by atoms with Gasteiger partial charge in [-0.2, -0.15) is 4.99 Å². The molecular weight excluding hydrogens is 592 g/mol. The van der Waals surface area contributed by atoms with E-state index in [2.05, 4.69) is 11.9 Å². The Hall–Kier alpha value is -3.79. The Kier molecular flexibility index (Phi) is 22.0. The van der Waals surface area contributed by atoms with Gasteiger partial charge in [-0.3, -0.25) is 9.59 Å². The molecule has 0 N–H and O–H groups in total. The van der Waals surface area contributed by atoms with Crippen molar-refractivity contribution in [1.82, 2.24) is 0 Å². The number of aryl methyl sites for hydroxylation is 2. The maximum absolute atomic E-state index is 12.5. The number of ketones is 1. The van der Waals surface area contributed by atoms with E-state index >= 15 is 0 Å². The molecule has 8 heteroatoms. The zero-order chi connectivity index (χ0) is 33.8. The number of isocyanates is 1. The quantitative estimate of drug-likeness (QED) is 0.0297. The maximum atomic E-state index is 12.5. The number of esters is 1. The molecule has 0 aliphatic carbocycles. The Labute approximate surface area is 281 Å². The summed E-state index contributed by atoms with van der Waals surface area (Å²) in [5, 5.41) is 8.60. The van der Waals surface area contributed by atoms with Crippen LogP contribution in [-0.4, -0.2) is 37.2 Å². The van der Waals surface area contributed by atoms with Crippen molar-refractivity contribution in [3.63, 3.8) is 0 Å². The van der Waals surface area contributed by atoms with Crippen molar-refractivity contribution < 1.29 is 28.6 Å². The Morgan fingerprint density at radius 2 is 1.34 bits per heavy atom. The fourth-order valence-electron chi connectivity index (χ4n) is 5.48. The van der Waals surface area contributed by atoms with Crippen molar-refractivity contribution in [2.24, 2.45) is 4.99 Å². The van der Waals surface area contributed by atoms with E-state index in [1.165, 1.54) is 51.0 Å². The van der Waals surface area contributed by atoms with Crippen LogP contribution < -0.4 is 4.74 Å². The number of Topliss-reactive ketones (excluding diaryl/α,β-unsaturated/α-hetero) is 1. The van der Waals surface area contributed by atoms with Gasteiger partial charge < -0.3 is 14.2 Å². The van der Waals surface area contributed by atoms with Gasteiger partial charge >= 0.3 is 5.97 Å². The molecule has 0 amide bonds. The largest absolute Gasteiger partial charge is 0.466 e. The fourth-order valence-corrected chi connectivity index (χ4v) is 5.48. The SMILES string of the molecule is CCCCCC[C@H](CCCCCCCCCCC(=O)OCCCc1ccc(N=C=O)cc1)OCC(=O)CCc1ccc(OC#N)cc1. The number of carbonyl (C=O) groups is 2. The molecule has 256 valence electrons. The minimum Gasteiger partial charge on any atom is -0.466 e. The van der Waals surface area contributed by atoms with Gasteiger partial charge in [0.2, 0.25) is 6.08 Å². The van der Waals surface area contributed by atoms with E-state index in [9.17, 15) is 14.4 Å². The number of nitrogens with zero attached hydrogens (tertiary/aromatic N) is 2. The average molecular weight is 647 g/mol. The first-order valence-electron chi connectivity index (χ1n) is 17.6. The van der Waals surface area contributed by atoms with Crippen molar-refractivity contribution in [1.29, 1.82) is 5.26 Å². The number of rotatable bonds is 28. The smallest absolute Gasteiger partial charge is 0.305 e. The Morgan fingerprint density at radius 1 is 0.745 bits per heavy atom. The van der Waals surface area contributed by atoms with Gasteiger partial charge in [0.1, 0.15) is 12.4 Å². The molecule has 0 heterocycles. The number of hydrogen-bond donors (Lipinski definition) is 0. The zero-order valence-corrected chi connectivity index (χ0v) is 28.4. The predicted molar refractivity (Wildman–Crippen MR) is 184 cm³/mol. The van der Waals surface area contributed by atoms with Crippen LogP contribution >= 0.6 is 0 Å². The van der Waals surface area contributed by atoms with E-state index in [4.69, 9.17) is 19.5 Å². The van der Waals surface area contributed by atoms with Crippen LogP contribution in [-0.2, 0) is 36.7 Å². The van der Waals surface area contributed by atoms with Gasteiger partial charge in [0.15, 0.2) is 5.78 Å². The first-order valence-corrected chi connectivity index (χ1v) is 17.6. The number of unbranched alkanes of at least 4 members (excludes halogenated alkanes) is 10. The average Bonchev–Trinajstić information content (AvgIpc) is 3.08. The molecule has 0 spiro atoms. The number of hydrogen-bond acceptors (Lipinski definition) is 8. The molecule has 0 fully saturated rings. The second kappa shape index (κ2) is 26.3. The summed E-state index contributed by atoms with van der Waals surface area (Å²) in [5.41, 5.74) is 2.75. The lowest BCUT2D eigenvalue weighted by Gasteiger charge is -2.18. The Bertz CT molecular complexity index is 1220. The Balaban J connectivity index is 1.49. The van der Waals surface area contributed by atoms with Gasteiger partial charge in [-0.25, -0.2) is 4.79 Å². The highest BCUT2D eigenvalue weighted by Crippen LogP contribution is 2.18. The molecule has 0 aromatic heterocycles. The molecule has 0 aliphatic rings. The van der Waals surface area contributed by atoms with Crippen LogP contribution in [0.3, 0.4) is 0 Å². The summed E-state index contributed by atoms with van der Waals surface area (Å²) in [5.74, 6) is 0.511. The standard InChI is InChI=1S/C39H54N2O6/c1-2-3-4-11-16-37(46-30-36(43)26-21-34-22-27-38(28-23-34)47-31-40)17-12-9-7-5-6-8-10-13-18-39(44)45-29-14-15-33-19-24-35(25-20-33)41-32-42/h19-20,22-25,27-28,37H,2-18,21,26,29-30H2,1H3/t37-/m1/s1. The maximum Gasteiger partial charge on any atom is 0.305 e. The highest BCUT2D eigenvalue weighted by atomic mass is 16.5. The molecule has 2 aromatic carbocycles. The molecule has 0 bridgehead atoms. The molecule has 2 aromatic rings. The molecule has 2 rings (SSSR count). The molecule has 1 atom stereocenters. The van der Waals surface area contributed by atoms with Gasteiger partial charge in [0.25, 0.3) is 6.26 Å². The second-order valence-corrected chi connectivity index (χ2v) is 12.2. The summed E-state index contributed by atoms with van der Waals surface area (Å²) < 4.78 is 16.3. The van der Waals surface area contributed by atoms with E-state index in [0.29, 0.717) is 37.3 Å². The topological polar surface area (TPSA) is 115 Å². The highest BCUT2D eigenvalue weighted by Gasteiger charge is 2.12. The van der Waals surface area contributed by atoms with Gasteiger partial charge in [-0.15, -0.1) is 5.26 Å². The summed E-state index contributed by atoms with van der Waals surface area (Å²) in [7, 11) is 0. The molecule has 8 nitrogen and oxygen atoms in total. The molecule has 0 saturated heterocycles. The molecule has 0 radical (unpaired) electrons. The lowest BCUT2D eigenvalue weighted by molar-refractivity contribution is -0.143. The van der Waals surface area contributed by atoms with Gasteiger partial charge in [0.05, 0.1) is 18.4 Å². The van der Waals surface area contributed by atoms with Crippen molar-refractivity contribution in [3.8, 4) is 12.0 Å². The van der Waals surface area contributed by atoms with Crippen LogP contribution in [0.1, 0.15) is 127 Å². The third-order valence-electron chi connectivity index (χ3n) is 8.28. The monoisotopic (exact) mass is 646 g/mol. The molecule has 47 heavy (non-hydrogen) atoms. The molecular formula is C39H54N2O6. The minimum atomic E-state index is -0.119. The Morgan fingerprint density at radius 3 is 1.98 bits per heavy atom. The van der Waals surface area contributed by atoms with Gasteiger partial charge in [0, 0.05) is 12.8 Å². The van der Waals surface area contributed by atoms with Crippen LogP contribution in [0.15, 0.2) is 53.5 Å². The van der Waals surface area contributed by atoms with E-state index in [-0.39, 0.29) is 24.5 Å². The van der Waals surface area contributed by atoms with E-state index in [1.807, 2.05) is 24.3 Å². The summed E-state index contributed by atoms with van der Waals surface area (Å²) in [4.78, 5) is 38.4. The third kappa shape index (κ3) is 20.1. The normalized spacial score (nSPS) is 11.3. The summed E-state index contributed by atoms with van der Waals surface area (Å²) in [6, 6.07) is 14.7. The number of benzene rings is 2. The van der Waals surface area contributed by atoms with Gasteiger partial charge in [-0.1, -0.05) is 102 Å². The molecule has 0 unspecified atom stereocenters. The summed E-state index contributed by atoms with van der Waals surface area (Å²) in [6.07, 6.45) is 22.3. The summed E-state index contributed by atoms with van der Waals surface area (Å²) >= 11 is 0. The lowest BCUT2D eigenvalue weighted by atomic mass is 10.0. The zero-order valence-electron chi connectivity index (χ0n) is 28.4. The number of aliphatic imine (C=N–C) groups is 1. The van der Waals surface area contributed by atoms with Crippen LogP contribution in [0.5, 0.6) is 5.75 Å². The van der Waals surface area contributed by atoms with Crippen LogP contribution in [0.2, 0.25) is 0 Å². The predicted octanol–water partition coefficient (Wildman–Crippen LogP) is 9.45. The molecule has 0 aliphatic heterocycles. The lowest BCUT2D eigenvalue weighted by Crippen LogP contribution is -2.19. The summed E-state index contributed by atoms with van der Waals surface area (Å²) in [6.45, 7) is 2.81. The fraction of sp³-hybridized carbons (Fsp3) is 0.590. The minimum absolute atomic E-state index is 0.119. The van der Waals surface area contributed by atoms with Crippen LogP contribution in [0.25, 0.3) is 0 Å². The first-order chi connectivity index (χ1) is 23.0. The highest BCUT2D eigenvalue weighted by molar-refractivity contribution is 5.79. The van der Waals surface area contributed by atoms with Crippen molar-refractivity contribution in [3.05, 3.63) is 59.7 Å². The van der Waals surface area contributed by atoms with Crippen LogP contribution in [0, 0.1) is 11.5 Å². The van der Waals surface area contributed by atoms with Crippen molar-refractivity contribution >= 4 is 23.5 Å². The first kappa shape index (κ1) is 39.4. The third-order valence-corrected chi connectivity index (χ3v) is 8.28. The van der Waals surface area contributed by atoms with E-state index in [0.717, 1.165) is 68.9 Å². The number of carbonyl (C=O) groups excluding carboxylic acids is 3. The second-order valence-electron chi connectivity index (χ2n) is 12.2. The molecule has 0 saturated carbocycles.